The zero-order valence-corrected chi connectivity index (χ0v) is 22.7. The average Bonchev–Trinajstić information content (AvgIpc) is 2.57. The van der Waals surface area contributed by atoms with Gasteiger partial charge in [0.15, 0.2) is 0 Å². The molecule has 1 amide bonds. The normalized spacial score (nSPS) is 13.3. The van der Waals surface area contributed by atoms with E-state index in [4.69, 9.17) is 13.6 Å². The van der Waals surface area contributed by atoms with E-state index in [0.29, 0.717) is 18.9 Å². The number of phosphoric ester groups is 1. The van der Waals surface area contributed by atoms with Gasteiger partial charge in [0.1, 0.15) is 5.69 Å². The molecule has 10 heteroatoms. The topological polar surface area (TPSA) is 86.8 Å². The van der Waals surface area contributed by atoms with Crippen molar-refractivity contribution in [2.24, 2.45) is 0 Å². The fourth-order valence-electron chi connectivity index (χ4n) is 2.23. The van der Waals surface area contributed by atoms with Crippen LogP contribution in [0.2, 0.25) is 51.4 Å². The standard InChI is InChI=1S/C20H39N2O5PSi2/c1-20(2,17-22-19(23)18-11-9-10-12-21-18)27-28(24,25-13-15-29(3,4)5)26-14-16-30(6,7)8/h9-12H,13-17H2,1-8H3,(H,22,23). The van der Waals surface area contributed by atoms with Crippen molar-refractivity contribution >= 4 is 29.9 Å². The molecule has 0 saturated heterocycles. The van der Waals surface area contributed by atoms with Gasteiger partial charge in [-0.15, -0.1) is 0 Å². The molecule has 1 aromatic heterocycles. The van der Waals surface area contributed by atoms with Crippen molar-refractivity contribution < 1.29 is 22.9 Å². The highest BCUT2D eigenvalue weighted by molar-refractivity contribution is 7.48. The summed E-state index contributed by atoms with van der Waals surface area (Å²) in [6, 6.07) is 6.84. The molecule has 1 rings (SSSR count). The van der Waals surface area contributed by atoms with Crippen LogP contribution < -0.4 is 5.32 Å². The van der Waals surface area contributed by atoms with Crippen LogP contribution in [-0.2, 0) is 18.1 Å². The quantitative estimate of drug-likeness (QED) is 0.303. The minimum Gasteiger partial charge on any atom is -0.348 e. The Morgan fingerprint density at radius 3 is 2.00 bits per heavy atom. The first kappa shape index (κ1) is 27.2. The second kappa shape index (κ2) is 11.2. The van der Waals surface area contributed by atoms with Crippen LogP contribution in [0.25, 0.3) is 0 Å². The molecule has 30 heavy (non-hydrogen) atoms. The molecule has 0 spiro atoms. The number of phosphoric acid groups is 1. The van der Waals surface area contributed by atoms with Gasteiger partial charge in [-0.25, -0.2) is 4.57 Å². The summed E-state index contributed by atoms with van der Waals surface area (Å²) < 4.78 is 30.6. The lowest BCUT2D eigenvalue weighted by Crippen LogP contribution is -2.40. The number of hydrogen-bond donors (Lipinski definition) is 1. The summed E-state index contributed by atoms with van der Waals surface area (Å²) in [4.78, 5) is 16.3. The summed E-state index contributed by atoms with van der Waals surface area (Å²) in [5, 5.41) is 2.78. The van der Waals surface area contributed by atoms with Gasteiger partial charge in [-0.3, -0.25) is 23.3 Å². The van der Waals surface area contributed by atoms with E-state index in [2.05, 4.69) is 49.6 Å². The van der Waals surface area contributed by atoms with Gasteiger partial charge in [0.05, 0.1) is 18.8 Å². The minimum atomic E-state index is -3.77. The number of nitrogens with zero attached hydrogens (tertiary/aromatic N) is 1. The van der Waals surface area contributed by atoms with E-state index < -0.39 is 29.6 Å². The molecule has 0 radical (unpaired) electrons. The number of hydrogen-bond acceptors (Lipinski definition) is 6. The third-order valence-corrected chi connectivity index (χ3v) is 9.26. The Bertz CT molecular complexity index is 694. The summed E-state index contributed by atoms with van der Waals surface area (Å²) in [7, 11) is -6.48. The van der Waals surface area contributed by atoms with Gasteiger partial charge in [-0.2, -0.15) is 0 Å². The molecule has 0 aliphatic carbocycles. The number of aromatic nitrogens is 1. The van der Waals surface area contributed by atoms with E-state index in [1.165, 1.54) is 0 Å². The number of nitrogens with one attached hydrogen (secondary N) is 1. The fourth-order valence-corrected chi connectivity index (χ4v) is 5.49. The number of amides is 1. The van der Waals surface area contributed by atoms with Crippen LogP contribution in [0.4, 0.5) is 0 Å². The number of pyridine rings is 1. The predicted molar refractivity (Wildman–Crippen MR) is 128 cm³/mol. The Morgan fingerprint density at radius 2 is 1.57 bits per heavy atom. The van der Waals surface area contributed by atoms with E-state index >= 15 is 0 Å². The highest BCUT2D eigenvalue weighted by atomic mass is 31.2. The molecule has 0 aromatic carbocycles. The lowest BCUT2D eigenvalue weighted by molar-refractivity contribution is 0.0342. The van der Waals surface area contributed by atoms with Crippen LogP contribution in [-0.4, -0.2) is 52.4 Å². The van der Waals surface area contributed by atoms with E-state index in [1.807, 2.05) is 0 Å². The molecule has 7 nitrogen and oxygen atoms in total. The Labute approximate surface area is 183 Å². The first-order valence-electron chi connectivity index (χ1n) is 10.4. The third-order valence-electron chi connectivity index (χ3n) is 4.13. The number of rotatable bonds is 13. The summed E-state index contributed by atoms with van der Waals surface area (Å²) in [5.74, 6) is -0.318. The monoisotopic (exact) mass is 474 g/mol. The molecule has 1 N–H and O–H groups in total. The van der Waals surface area contributed by atoms with Gasteiger partial charge < -0.3 is 5.32 Å². The zero-order valence-electron chi connectivity index (χ0n) is 19.8. The molecule has 0 aliphatic heterocycles. The van der Waals surface area contributed by atoms with Crippen LogP contribution in [0.15, 0.2) is 24.4 Å². The summed E-state index contributed by atoms with van der Waals surface area (Å²) >= 11 is 0. The largest absolute Gasteiger partial charge is 0.475 e. The molecule has 0 atom stereocenters. The van der Waals surface area contributed by atoms with Crippen molar-refractivity contribution in [3.63, 3.8) is 0 Å². The van der Waals surface area contributed by atoms with Crippen molar-refractivity contribution in [2.45, 2.75) is 70.8 Å². The maximum Gasteiger partial charge on any atom is 0.475 e. The van der Waals surface area contributed by atoms with Crippen molar-refractivity contribution in [2.75, 3.05) is 19.8 Å². The molecular formula is C20H39N2O5PSi2. The molecule has 0 bridgehead atoms. The Hall–Kier alpha value is -0.836. The van der Waals surface area contributed by atoms with E-state index in [0.717, 1.165) is 12.1 Å². The van der Waals surface area contributed by atoms with Crippen LogP contribution in [0.5, 0.6) is 0 Å². The SMILES string of the molecule is CC(C)(CNC(=O)c1ccccn1)OP(=O)(OCC[Si](C)(C)C)OCC[Si](C)(C)C. The molecule has 0 saturated carbocycles. The third kappa shape index (κ3) is 12.1. The van der Waals surface area contributed by atoms with Crippen LogP contribution >= 0.6 is 7.82 Å². The Balaban J connectivity index is 2.75. The van der Waals surface area contributed by atoms with Crippen molar-refractivity contribution in [3.05, 3.63) is 30.1 Å². The molecule has 1 aromatic rings. The lowest BCUT2D eigenvalue weighted by atomic mass is 10.1. The summed E-state index contributed by atoms with van der Waals surface area (Å²) in [6.07, 6.45) is 1.56. The van der Waals surface area contributed by atoms with Gasteiger partial charge in [-0.1, -0.05) is 45.3 Å². The van der Waals surface area contributed by atoms with Crippen molar-refractivity contribution in [3.8, 4) is 0 Å². The highest BCUT2D eigenvalue weighted by Crippen LogP contribution is 2.53. The van der Waals surface area contributed by atoms with Crippen LogP contribution in [0, 0.1) is 0 Å². The highest BCUT2D eigenvalue weighted by Gasteiger charge is 2.36. The molecule has 1 heterocycles. The molecule has 172 valence electrons. The number of carbonyl (C=O) groups excluding carboxylic acids is 1. The van der Waals surface area contributed by atoms with E-state index in [1.54, 1.807) is 38.2 Å². The fraction of sp³-hybridized carbons (Fsp3) is 0.700. The lowest BCUT2D eigenvalue weighted by Gasteiger charge is -2.30. The minimum absolute atomic E-state index is 0.140. The first-order chi connectivity index (χ1) is 13.6. The second-order valence-corrected chi connectivity index (χ2v) is 23.3. The maximum absolute atomic E-state index is 13.4. The van der Waals surface area contributed by atoms with Crippen molar-refractivity contribution in [1.29, 1.82) is 0 Å². The Morgan fingerprint density at radius 1 is 1.03 bits per heavy atom. The molecule has 0 fully saturated rings. The first-order valence-corrected chi connectivity index (χ1v) is 19.3. The average molecular weight is 475 g/mol. The van der Waals surface area contributed by atoms with Gasteiger partial charge in [0.25, 0.3) is 5.91 Å². The van der Waals surface area contributed by atoms with E-state index in [9.17, 15) is 9.36 Å². The van der Waals surface area contributed by atoms with Gasteiger partial charge in [0, 0.05) is 28.9 Å². The number of carbonyl (C=O) groups is 1. The zero-order chi connectivity index (χ0) is 23.1. The Kier molecular flexibility index (Phi) is 10.1. The van der Waals surface area contributed by atoms with Gasteiger partial charge in [-0.05, 0) is 38.1 Å². The van der Waals surface area contributed by atoms with Crippen LogP contribution in [0.1, 0.15) is 24.3 Å². The molecule has 0 aliphatic rings. The van der Waals surface area contributed by atoms with Gasteiger partial charge >= 0.3 is 7.82 Å². The molecular weight excluding hydrogens is 435 g/mol. The van der Waals surface area contributed by atoms with Crippen LogP contribution in [0.3, 0.4) is 0 Å². The maximum atomic E-state index is 13.4. The van der Waals surface area contributed by atoms with E-state index in [-0.39, 0.29) is 12.5 Å². The van der Waals surface area contributed by atoms with Gasteiger partial charge in [0.2, 0.25) is 0 Å². The smallest absolute Gasteiger partial charge is 0.348 e. The molecule has 0 unspecified atom stereocenters. The summed E-state index contributed by atoms with van der Waals surface area (Å²) in [5.41, 5.74) is -0.632. The predicted octanol–water partition coefficient (Wildman–Crippen LogP) is 5.42. The second-order valence-electron chi connectivity index (χ2n) is 10.5. The van der Waals surface area contributed by atoms with Crippen molar-refractivity contribution in [1.82, 2.24) is 10.3 Å². The summed E-state index contributed by atoms with van der Waals surface area (Å²) in [6.45, 7) is 17.7.